The minimum atomic E-state index is -1.02. The highest BCUT2D eigenvalue weighted by molar-refractivity contribution is 5.93. The number of aromatic amines is 1. The smallest absolute Gasteiger partial charge is 0.234 e. The molecule has 1 unspecified atom stereocenters. The molecule has 0 aliphatic heterocycles. The van der Waals surface area contributed by atoms with Crippen LogP contribution in [0.3, 0.4) is 0 Å². The summed E-state index contributed by atoms with van der Waals surface area (Å²) in [7, 11) is 0. The lowest BCUT2D eigenvalue weighted by molar-refractivity contribution is -0.126. The molecule has 0 radical (unpaired) electrons. The molecule has 154 valence electrons. The molecule has 2 aromatic heterocycles. The van der Waals surface area contributed by atoms with Gasteiger partial charge in [0.1, 0.15) is 5.82 Å². The second kappa shape index (κ2) is 7.33. The Morgan fingerprint density at radius 2 is 1.84 bits per heavy atom. The third kappa shape index (κ3) is 3.23. The van der Waals surface area contributed by atoms with Crippen molar-refractivity contribution < 1.29 is 9.59 Å². The lowest BCUT2D eigenvalue weighted by Crippen LogP contribution is -2.41. The number of rotatable bonds is 5. The molecule has 4 aromatic rings. The molecule has 2 heterocycles. The SMILES string of the molecule is NC(=O)[C@H](N)CC(=O)NC1c2ccccc2-c2c(-c3nc4ccncc4[nH]3)cccc21. The van der Waals surface area contributed by atoms with E-state index in [2.05, 4.69) is 15.3 Å². The van der Waals surface area contributed by atoms with Gasteiger partial charge in [0.25, 0.3) is 0 Å². The maximum atomic E-state index is 12.6. The first kappa shape index (κ1) is 19.0. The lowest BCUT2D eigenvalue weighted by atomic mass is 9.98. The number of carbonyl (C=O) groups is 2. The van der Waals surface area contributed by atoms with Gasteiger partial charge in [-0.25, -0.2) is 4.98 Å². The van der Waals surface area contributed by atoms with Crippen LogP contribution in [0.2, 0.25) is 0 Å². The second-order valence-electron chi connectivity index (χ2n) is 7.55. The number of hydrogen-bond donors (Lipinski definition) is 4. The summed E-state index contributed by atoms with van der Waals surface area (Å²) in [6, 6.07) is 14.3. The van der Waals surface area contributed by atoms with Gasteiger partial charge in [0.2, 0.25) is 11.8 Å². The molecule has 0 spiro atoms. The Balaban J connectivity index is 1.59. The van der Waals surface area contributed by atoms with E-state index in [1.54, 1.807) is 12.4 Å². The third-order valence-electron chi connectivity index (χ3n) is 5.56. The maximum absolute atomic E-state index is 12.6. The van der Waals surface area contributed by atoms with Crippen molar-refractivity contribution >= 4 is 22.8 Å². The molecule has 0 saturated heterocycles. The number of pyridine rings is 1. The molecule has 2 aromatic carbocycles. The molecule has 0 bridgehead atoms. The summed E-state index contributed by atoms with van der Waals surface area (Å²) in [5.74, 6) is -0.305. The van der Waals surface area contributed by atoms with Gasteiger partial charge >= 0.3 is 0 Å². The fraction of sp³-hybridized carbons (Fsp3) is 0.130. The first-order chi connectivity index (χ1) is 15.0. The molecule has 0 saturated carbocycles. The van der Waals surface area contributed by atoms with Crippen LogP contribution in [0, 0.1) is 0 Å². The van der Waals surface area contributed by atoms with Crippen molar-refractivity contribution in [3.63, 3.8) is 0 Å². The molecular formula is C23H20N6O2. The van der Waals surface area contributed by atoms with Gasteiger partial charge in [-0.15, -0.1) is 0 Å². The van der Waals surface area contributed by atoms with Crippen LogP contribution in [0.5, 0.6) is 0 Å². The van der Waals surface area contributed by atoms with E-state index in [4.69, 9.17) is 16.5 Å². The van der Waals surface area contributed by atoms with Crippen LogP contribution in [0.1, 0.15) is 23.6 Å². The Morgan fingerprint density at radius 3 is 2.65 bits per heavy atom. The summed E-state index contributed by atoms with van der Waals surface area (Å²) in [4.78, 5) is 36.0. The Hall–Kier alpha value is -4.04. The normalized spacial score (nSPS) is 15.3. The predicted molar refractivity (Wildman–Crippen MR) is 117 cm³/mol. The molecule has 1 aliphatic rings. The average molecular weight is 412 g/mol. The number of nitrogens with two attached hydrogens (primary N) is 2. The van der Waals surface area contributed by atoms with E-state index in [0.717, 1.165) is 44.7 Å². The number of aromatic nitrogens is 3. The van der Waals surface area contributed by atoms with Gasteiger partial charge in [0, 0.05) is 11.8 Å². The number of nitrogens with one attached hydrogen (secondary N) is 2. The van der Waals surface area contributed by atoms with E-state index >= 15 is 0 Å². The van der Waals surface area contributed by atoms with Crippen LogP contribution >= 0.6 is 0 Å². The molecule has 2 atom stereocenters. The van der Waals surface area contributed by atoms with Crippen molar-refractivity contribution in [3.05, 3.63) is 72.1 Å². The third-order valence-corrected chi connectivity index (χ3v) is 5.56. The topological polar surface area (TPSA) is 140 Å². The number of primary amides is 1. The fourth-order valence-corrected chi connectivity index (χ4v) is 4.11. The van der Waals surface area contributed by atoms with Crippen LogP contribution in [0.15, 0.2) is 60.9 Å². The van der Waals surface area contributed by atoms with Gasteiger partial charge in [0.05, 0.1) is 35.7 Å². The standard InChI is InChI=1S/C23H20N6O2/c24-16(22(25)31)10-19(30)29-21-13-5-2-1-4-12(13)20-14(21)6-3-7-15(20)23-27-17-8-9-26-11-18(17)28-23/h1-9,11,16,21H,10,24H2,(H2,25,31)(H,27,28)(H,29,30)/t16-,21?/m1/s1. The Labute approximate surface area is 177 Å². The van der Waals surface area contributed by atoms with Gasteiger partial charge < -0.3 is 21.8 Å². The molecule has 8 heteroatoms. The zero-order chi connectivity index (χ0) is 21.5. The number of benzene rings is 2. The molecule has 1 aliphatic carbocycles. The zero-order valence-corrected chi connectivity index (χ0v) is 16.5. The number of imidazole rings is 1. The van der Waals surface area contributed by atoms with Crippen molar-refractivity contribution in [1.29, 1.82) is 0 Å². The first-order valence-corrected chi connectivity index (χ1v) is 9.89. The van der Waals surface area contributed by atoms with Crippen molar-refractivity contribution in [2.24, 2.45) is 11.5 Å². The number of fused-ring (bicyclic) bond motifs is 4. The van der Waals surface area contributed by atoms with E-state index in [1.807, 2.05) is 48.5 Å². The van der Waals surface area contributed by atoms with Crippen molar-refractivity contribution in [2.45, 2.75) is 18.5 Å². The van der Waals surface area contributed by atoms with Gasteiger partial charge in [-0.05, 0) is 28.3 Å². The molecule has 31 heavy (non-hydrogen) atoms. The molecule has 8 nitrogen and oxygen atoms in total. The highest BCUT2D eigenvalue weighted by Gasteiger charge is 2.32. The second-order valence-corrected chi connectivity index (χ2v) is 7.55. The molecule has 2 amide bonds. The van der Waals surface area contributed by atoms with Crippen LogP contribution < -0.4 is 16.8 Å². The Kier molecular flexibility index (Phi) is 4.48. The zero-order valence-electron chi connectivity index (χ0n) is 16.5. The number of amides is 2. The minimum absolute atomic E-state index is 0.167. The van der Waals surface area contributed by atoms with E-state index in [0.29, 0.717) is 0 Å². The highest BCUT2D eigenvalue weighted by atomic mass is 16.2. The average Bonchev–Trinajstić information content (AvgIpc) is 3.33. The summed E-state index contributed by atoms with van der Waals surface area (Å²) in [5.41, 5.74) is 17.5. The fourth-order valence-electron chi connectivity index (χ4n) is 4.11. The van der Waals surface area contributed by atoms with Gasteiger partial charge in [-0.3, -0.25) is 14.6 Å². The van der Waals surface area contributed by atoms with Gasteiger partial charge in [0.15, 0.2) is 0 Å². The first-order valence-electron chi connectivity index (χ1n) is 9.89. The summed E-state index contributed by atoms with van der Waals surface area (Å²) in [6.07, 6.45) is 3.29. The maximum Gasteiger partial charge on any atom is 0.234 e. The Bertz CT molecular complexity index is 1300. The summed E-state index contributed by atoms with van der Waals surface area (Å²) >= 11 is 0. The molecule has 5 rings (SSSR count). The number of H-pyrrole nitrogens is 1. The van der Waals surface area contributed by atoms with Crippen LogP contribution in [-0.4, -0.2) is 32.8 Å². The Morgan fingerprint density at radius 1 is 1.06 bits per heavy atom. The highest BCUT2D eigenvalue weighted by Crippen LogP contribution is 2.47. The van der Waals surface area contributed by atoms with E-state index in [9.17, 15) is 9.59 Å². The number of hydrogen-bond acceptors (Lipinski definition) is 5. The van der Waals surface area contributed by atoms with Gasteiger partial charge in [-0.1, -0.05) is 42.5 Å². The predicted octanol–water partition coefficient (Wildman–Crippen LogP) is 2.01. The monoisotopic (exact) mass is 412 g/mol. The largest absolute Gasteiger partial charge is 0.368 e. The van der Waals surface area contributed by atoms with Crippen LogP contribution in [0.25, 0.3) is 33.5 Å². The van der Waals surface area contributed by atoms with Gasteiger partial charge in [-0.2, -0.15) is 0 Å². The van der Waals surface area contributed by atoms with Crippen LogP contribution in [-0.2, 0) is 9.59 Å². The molecule has 6 N–H and O–H groups in total. The number of carbonyl (C=O) groups excluding carboxylic acids is 2. The van der Waals surface area contributed by atoms with Crippen LogP contribution in [0.4, 0.5) is 0 Å². The summed E-state index contributed by atoms with van der Waals surface area (Å²) in [5, 5.41) is 3.01. The van der Waals surface area contributed by atoms with Crippen molar-refractivity contribution in [2.75, 3.05) is 0 Å². The minimum Gasteiger partial charge on any atom is -0.368 e. The van der Waals surface area contributed by atoms with E-state index in [1.165, 1.54) is 0 Å². The van der Waals surface area contributed by atoms with Crippen molar-refractivity contribution in [1.82, 2.24) is 20.3 Å². The summed E-state index contributed by atoms with van der Waals surface area (Å²) < 4.78 is 0. The quantitative estimate of drug-likeness (QED) is 0.397. The van der Waals surface area contributed by atoms with Crippen molar-refractivity contribution in [3.8, 4) is 22.5 Å². The summed E-state index contributed by atoms with van der Waals surface area (Å²) in [6.45, 7) is 0. The molecule has 0 fully saturated rings. The lowest BCUT2D eigenvalue weighted by Gasteiger charge is -2.17. The van der Waals surface area contributed by atoms with E-state index in [-0.39, 0.29) is 18.4 Å². The van der Waals surface area contributed by atoms with E-state index < -0.39 is 11.9 Å². The molecular weight excluding hydrogens is 392 g/mol. The number of nitrogens with zero attached hydrogens (tertiary/aromatic N) is 2.